The summed E-state index contributed by atoms with van der Waals surface area (Å²) in [7, 11) is 0. The molecule has 28 heavy (non-hydrogen) atoms. The average molecular weight is 378 g/mol. The molecule has 0 fully saturated rings. The monoisotopic (exact) mass is 378 g/mol. The van der Waals surface area contributed by atoms with E-state index < -0.39 is 5.97 Å². The molecule has 3 aromatic rings. The van der Waals surface area contributed by atoms with Crippen LogP contribution in [-0.4, -0.2) is 21.1 Å². The van der Waals surface area contributed by atoms with Crippen molar-refractivity contribution >= 4 is 17.4 Å². The van der Waals surface area contributed by atoms with Gasteiger partial charge < -0.3 is 4.74 Å². The maximum absolute atomic E-state index is 12.4. The van der Waals surface area contributed by atoms with Crippen molar-refractivity contribution in [3.8, 4) is 0 Å². The van der Waals surface area contributed by atoms with Gasteiger partial charge in [0, 0.05) is 23.7 Å². The maximum atomic E-state index is 12.4. The van der Waals surface area contributed by atoms with Crippen LogP contribution in [0.5, 0.6) is 0 Å². The van der Waals surface area contributed by atoms with Crippen molar-refractivity contribution in [1.29, 1.82) is 0 Å². The first kappa shape index (κ1) is 19.5. The van der Waals surface area contributed by atoms with E-state index >= 15 is 0 Å². The van der Waals surface area contributed by atoms with Crippen LogP contribution >= 0.6 is 0 Å². The molecular formula is C22H22N2O4. The highest BCUT2D eigenvalue weighted by molar-refractivity contribution is 5.98. The minimum atomic E-state index is -0.495. The molecule has 0 radical (unpaired) electrons. The zero-order chi connectivity index (χ0) is 20.3. The van der Waals surface area contributed by atoms with E-state index in [1.54, 1.807) is 6.07 Å². The minimum absolute atomic E-state index is 0.0160. The number of fused-ring (bicyclic) bond motifs is 1. The lowest BCUT2D eigenvalue weighted by Crippen LogP contribution is -2.18. The predicted molar refractivity (Wildman–Crippen MR) is 105 cm³/mol. The second kappa shape index (κ2) is 8.17. The molecule has 3 rings (SSSR count). The van der Waals surface area contributed by atoms with Crippen molar-refractivity contribution in [2.75, 3.05) is 0 Å². The Hall–Kier alpha value is -3.28. The van der Waals surface area contributed by atoms with Crippen LogP contribution in [0.3, 0.4) is 0 Å². The van der Waals surface area contributed by atoms with Gasteiger partial charge in [-0.1, -0.05) is 23.8 Å². The lowest BCUT2D eigenvalue weighted by atomic mass is 9.99. The number of hydrogen-bond acceptors (Lipinski definition) is 5. The fourth-order valence-corrected chi connectivity index (χ4v) is 3.05. The van der Waals surface area contributed by atoms with Crippen molar-refractivity contribution in [2.45, 2.75) is 40.2 Å². The second-order valence-electron chi connectivity index (χ2n) is 6.85. The first-order chi connectivity index (χ1) is 13.3. The summed E-state index contributed by atoms with van der Waals surface area (Å²) in [5, 5.41) is 0. The summed E-state index contributed by atoms with van der Waals surface area (Å²) >= 11 is 0. The van der Waals surface area contributed by atoms with E-state index in [0.717, 1.165) is 16.8 Å². The Balaban J connectivity index is 1.60. The minimum Gasteiger partial charge on any atom is -0.459 e. The number of nitrogens with zero attached hydrogens (tertiary/aromatic N) is 2. The van der Waals surface area contributed by atoms with Gasteiger partial charge in [-0.2, -0.15) is 0 Å². The van der Waals surface area contributed by atoms with E-state index in [0.29, 0.717) is 16.9 Å². The lowest BCUT2D eigenvalue weighted by Gasteiger charge is -2.08. The Bertz CT molecular complexity index is 1120. The third-order valence-corrected chi connectivity index (χ3v) is 4.56. The van der Waals surface area contributed by atoms with E-state index in [9.17, 15) is 14.4 Å². The molecule has 0 saturated carbocycles. The molecule has 0 amide bonds. The Morgan fingerprint density at radius 3 is 2.61 bits per heavy atom. The fraction of sp³-hybridized carbons (Fsp3) is 0.273. The molecule has 0 N–H and O–H groups in total. The molecule has 2 aromatic heterocycles. The molecule has 1 aromatic carbocycles. The molecule has 0 atom stereocenters. The Kier molecular flexibility index (Phi) is 5.68. The number of hydrogen-bond donors (Lipinski definition) is 0. The fourth-order valence-electron chi connectivity index (χ4n) is 3.05. The molecule has 0 aliphatic carbocycles. The topological polar surface area (TPSA) is 77.7 Å². The quantitative estimate of drug-likeness (QED) is 0.486. The van der Waals surface area contributed by atoms with Crippen molar-refractivity contribution in [3.63, 3.8) is 0 Å². The molecule has 0 saturated heterocycles. The number of esters is 1. The first-order valence-electron chi connectivity index (χ1n) is 9.09. The van der Waals surface area contributed by atoms with Crippen LogP contribution in [0.1, 0.15) is 45.7 Å². The van der Waals surface area contributed by atoms with Gasteiger partial charge in [0.05, 0.1) is 12.1 Å². The zero-order valence-electron chi connectivity index (χ0n) is 16.2. The van der Waals surface area contributed by atoms with Crippen LogP contribution in [0.15, 0.2) is 47.3 Å². The molecule has 2 heterocycles. The van der Waals surface area contributed by atoms with Crippen LogP contribution < -0.4 is 5.56 Å². The summed E-state index contributed by atoms with van der Waals surface area (Å²) in [5.74, 6) is -0.583. The van der Waals surface area contributed by atoms with E-state index in [2.05, 4.69) is 4.98 Å². The first-order valence-corrected chi connectivity index (χ1v) is 9.09. The second-order valence-corrected chi connectivity index (χ2v) is 6.85. The number of carbonyl (C=O) groups is 2. The van der Waals surface area contributed by atoms with Crippen molar-refractivity contribution in [1.82, 2.24) is 9.38 Å². The number of ketones is 1. The molecule has 0 spiro atoms. The molecule has 6 heteroatoms. The number of rotatable bonds is 6. The van der Waals surface area contributed by atoms with Crippen LogP contribution in [0, 0.1) is 20.8 Å². The highest BCUT2D eigenvalue weighted by Gasteiger charge is 2.13. The van der Waals surface area contributed by atoms with Gasteiger partial charge >= 0.3 is 5.97 Å². The number of aromatic nitrogens is 2. The van der Waals surface area contributed by atoms with Gasteiger partial charge in [0.2, 0.25) is 0 Å². The summed E-state index contributed by atoms with van der Waals surface area (Å²) in [4.78, 5) is 41.0. The van der Waals surface area contributed by atoms with Crippen molar-refractivity contribution in [2.24, 2.45) is 0 Å². The van der Waals surface area contributed by atoms with Crippen molar-refractivity contribution < 1.29 is 14.3 Å². The van der Waals surface area contributed by atoms with E-state index in [1.807, 2.05) is 51.1 Å². The third-order valence-electron chi connectivity index (χ3n) is 4.56. The van der Waals surface area contributed by atoms with Gasteiger partial charge in [0.1, 0.15) is 12.3 Å². The molecule has 0 unspecified atom stereocenters. The van der Waals surface area contributed by atoms with E-state index in [-0.39, 0.29) is 30.8 Å². The van der Waals surface area contributed by atoms with Gasteiger partial charge in [-0.25, -0.2) is 4.98 Å². The SMILES string of the molecule is Cc1ccc(C)c(C(=O)CCC(=O)OCc2cc(=O)n3c(C)cccc3n2)c1. The summed E-state index contributed by atoms with van der Waals surface area (Å²) in [6, 6.07) is 12.4. The van der Waals surface area contributed by atoms with Crippen LogP contribution in [-0.2, 0) is 16.1 Å². The maximum Gasteiger partial charge on any atom is 0.306 e. The highest BCUT2D eigenvalue weighted by atomic mass is 16.5. The van der Waals surface area contributed by atoms with Gasteiger partial charge in [-0.15, -0.1) is 0 Å². The number of benzene rings is 1. The third kappa shape index (κ3) is 4.34. The summed E-state index contributed by atoms with van der Waals surface area (Å²) in [5.41, 5.74) is 3.96. The van der Waals surface area contributed by atoms with Gasteiger partial charge in [0.25, 0.3) is 5.56 Å². The average Bonchev–Trinajstić information content (AvgIpc) is 2.66. The Morgan fingerprint density at radius 2 is 1.82 bits per heavy atom. The van der Waals surface area contributed by atoms with E-state index in [1.165, 1.54) is 10.5 Å². The zero-order valence-corrected chi connectivity index (χ0v) is 16.2. The molecule has 6 nitrogen and oxygen atoms in total. The molecule has 0 bridgehead atoms. The van der Waals surface area contributed by atoms with Crippen LogP contribution in [0.25, 0.3) is 5.65 Å². The normalized spacial score (nSPS) is 10.8. The standard InChI is InChI=1S/C22H22N2O4/c1-14-7-8-15(2)18(11-14)19(25)9-10-22(27)28-13-17-12-21(26)24-16(3)5-4-6-20(24)23-17/h4-8,11-12H,9-10,13H2,1-3H3. The molecule has 0 aliphatic rings. The van der Waals surface area contributed by atoms with E-state index in [4.69, 9.17) is 4.74 Å². The van der Waals surface area contributed by atoms with Gasteiger partial charge in [0.15, 0.2) is 5.78 Å². The number of aryl methyl sites for hydroxylation is 3. The van der Waals surface area contributed by atoms with Crippen LogP contribution in [0.4, 0.5) is 0 Å². The van der Waals surface area contributed by atoms with Crippen molar-refractivity contribution in [3.05, 3.63) is 80.9 Å². The number of Topliss-reactive ketones (excluding diaryl/α,β-unsaturated/α-hetero) is 1. The van der Waals surface area contributed by atoms with Gasteiger partial charge in [-0.05, 0) is 44.5 Å². The van der Waals surface area contributed by atoms with Crippen LogP contribution in [0.2, 0.25) is 0 Å². The predicted octanol–water partition coefficient (Wildman–Crippen LogP) is 3.33. The summed E-state index contributed by atoms with van der Waals surface area (Å²) < 4.78 is 6.69. The largest absolute Gasteiger partial charge is 0.459 e. The lowest BCUT2D eigenvalue weighted by molar-refractivity contribution is -0.145. The smallest absolute Gasteiger partial charge is 0.306 e. The molecule has 0 aliphatic heterocycles. The Morgan fingerprint density at radius 1 is 1.04 bits per heavy atom. The Labute approximate surface area is 162 Å². The van der Waals surface area contributed by atoms with Gasteiger partial charge in [-0.3, -0.25) is 18.8 Å². The summed E-state index contributed by atoms with van der Waals surface area (Å²) in [6.45, 7) is 5.51. The number of pyridine rings is 1. The number of ether oxygens (including phenoxy) is 1. The summed E-state index contributed by atoms with van der Waals surface area (Å²) in [6.07, 6.45) is 0.0635. The molecular weight excluding hydrogens is 356 g/mol. The molecule has 144 valence electrons. The highest BCUT2D eigenvalue weighted by Crippen LogP contribution is 2.14. The number of carbonyl (C=O) groups excluding carboxylic acids is 2.